The molecule has 0 radical (unpaired) electrons. The quantitative estimate of drug-likeness (QED) is 0.576. The number of fused-ring (bicyclic) bond motifs is 6. The standard InChI is InChI=1S/C14H14/c1-2-4-12-9(3-1)8-13-10-5-6-11(7-10)14(12)13/h1-4,10-11H,5-8H2. The van der Waals surface area contributed by atoms with E-state index in [0.717, 1.165) is 11.8 Å². The molecule has 1 aromatic carbocycles. The van der Waals surface area contributed by atoms with Crippen molar-refractivity contribution in [3.63, 3.8) is 0 Å². The van der Waals surface area contributed by atoms with Gasteiger partial charge in [0.25, 0.3) is 0 Å². The zero-order valence-corrected chi connectivity index (χ0v) is 8.29. The fourth-order valence-electron chi connectivity index (χ4n) is 3.82. The van der Waals surface area contributed by atoms with E-state index < -0.39 is 0 Å². The summed E-state index contributed by atoms with van der Waals surface area (Å²) >= 11 is 0. The Hall–Kier alpha value is -1.04. The fraction of sp³-hybridized carbons (Fsp3) is 0.429. The Morgan fingerprint density at radius 1 is 1.00 bits per heavy atom. The van der Waals surface area contributed by atoms with Gasteiger partial charge in [-0.25, -0.2) is 0 Å². The molecule has 2 unspecified atom stereocenters. The summed E-state index contributed by atoms with van der Waals surface area (Å²) in [5.41, 5.74) is 6.75. The van der Waals surface area contributed by atoms with E-state index in [1.807, 2.05) is 5.57 Å². The van der Waals surface area contributed by atoms with Gasteiger partial charge >= 0.3 is 0 Å². The van der Waals surface area contributed by atoms with Crippen molar-refractivity contribution in [1.82, 2.24) is 0 Å². The highest BCUT2D eigenvalue weighted by Crippen LogP contribution is 2.56. The SMILES string of the molecule is c1ccc2c(c1)CC1=C2C2CCC1C2. The average Bonchev–Trinajstić information content (AvgIpc) is 2.88. The fourth-order valence-corrected chi connectivity index (χ4v) is 3.82. The van der Waals surface area contributed by atoms with Crippen molar-refractivity contribution < 1.29 is 0 Å². The van der Waals surface area contributed by atoms with Crippen LogP contribution in [-0.4, -0.2) is 0 Å². The van der Waals surface area contributed by atoms with Crippen molar-refractivity contribution in [3.05, 3.63) is 41.0 Å². The highest BCUT2D eigenvalue weighted by atomic mass is 14.5. The second-order valence-electron chi connectivity index (χ2n) is 4.98. The maximum Gasteiger partial charge on any atom is -0.00521 e. The molecule has 1 saturated carbocycles. The van der Waals surface area contributed by atoms with Crippen LogP contribution < -0.4 is 0 Å². The zero-order chi connectivity index (χ0) is 9.12. The first-order chi connectivity index (χ1) is 6.93. The Morgan fingerprint density at radius 2 is 1.86 bits per heavy atom. The van der Waals surface area contributed by atoms with Crippen LogP contribution >= 0.6 is 0 Å². The smallest absolute Gasteiger partial charge is 0.00521 e. The molecule has 1 aromatic rings. The number of allylic oxidation sites excluding steroid dienone is 2. The molecule has 4 rings (SSSR count). The van der Waals surface area contributed by atoms with Gasteiger partial charge in [0, 0.05) is 0 Å². The minimum absolute atomic E-state index is 0.929. The van der Waals surface area contributed by atoms with Crippen LogP contribution in [0.25, 0.3) is 5.57 Å². The van der Waals surface area contributed by atoms with E-state index in [2.05, 4.69) is 24.3 Å². The average molecular weight is 182 g/mol. The van der Waals surface area contributed by atoms with Crippen molar-refractivity contribution in [2.45, 2.75) is 25.7 Å². The summed E-state index contributed by atoms with van der Waals surface area (Å²) in [5.74, 6) is 1.89. The van der Waals surface area contributed by atoms with Crippen molar-refractivity contribution in [2.24, 2.45) is 11.8 Å². The zero-order valence-electron chi connectivity index (χ0n) is 8.29. The van der Waals surface area contributed by atoms with Gasteiger partial charge in [0.05, 0.1) is 0 Å². The molecule has 0 nitrogen and oxygen atoms in total. The van der Waals surface area contributed by atoms with Crippen LogP contribution in [0.2, 0.25) is 0 Å². The predicted octanol–water partition coefficient (Wildman–Crippen LogP) is 3.43. The molecule has 0 amide bonds. The lowest BCUT2D eigenvalue weighted by molar-refractivity contribution is 0.644. The first kappa shape index (κ1) is 7.28. The summed E-state index contributed by atoms with van der Waals surface area (Å²) in [6, 6.07) is 9.02. The highest BCUT2D eigenvalue weighted by molar-refractivity contribution is 5.80. The van der Waals surface area contributed by atoms with Crippen molar-refractivity contribution in [3.8, 4) is 0 Å². The van der Waals surface area contributed by atoms with Crippen molar-refractivity contribution in [2.75, 3.05) is 0 Å². The van der Waals surface area contributed by atoms with Gasteiger partial charge in [0.15, 0.2) is 0 Å². The largest absolute Gasteiger partial charge is 0.0619 e. The lowest BCUT2D eigenvalue weighted by Gasteiger charge is -2.13. The van der Waals surface area contributed by atoms with E-state index in [0.29, 0.717) is 0 Å². The summed E-state index contributed by atoms with van der Waals surface area (Å²) in [5, 5.41) is 0. The lowest BCUT2D eigenvalue weighted by atomic mass is 9.92. The van der Waals surface area contributed by atoms with Crippen LogP contribution in [0, 0.1) is 11.8 Å². The van der Waals surface area contributed by atoms with Crippen LogP contribution in [0.1, 0.15) is 30.4 Å². The van der Waals surface area contributed by atoms with Crippen LogP contribution in [0.15, 0.2) is 29.8 Å². The molecule has 0 aromatic heterocycles. The second kappa shape index (κ2) is 2.31. The Kier molecular flexibility index (Phi) is 1.20. The normalized spacial score (nSPS) is 32.3. The second-order valence-corrected chi connectivity index (χ2v) is 4.98. The van der Waals surface area contributed by atoms with E-state index in [1.54, 1.807) is 16.7 Å². The van der Waals surface area contributed by atoms with E-state index in [-0.39, 0.29) is 0 Å². The molecule has 1 fully saturated rings. The Bertz CT molecular complexity index is 439. The Balaban J connectivity index is 1.94. The molecule has 14 heavy (non-hydrogen) atoms. The number of benzene rings is 1. The van der Waals surface area contributed by atoms with Gasteiger partial charge in [-0.3, -0.25) is 0 Å². The molecular weight excluding hydrogens is 168 g/mol. The predicted molar refractivity (Wildman–Crippen MR) is 57.9 cm³/mol. The molecule has 70 valence electrons. The van der Waals surface area contributed by atoms with Gasteiger partial charge in [-0.15, -0.1) is 0 Å². The third-order valence-corrected chi connectivity index (χ3v) is 4.37. The van der Waals surface area contributed by atoms with Crippen molar-refractivity contribution >= 4 is 5.57 Å². The first-order valence-corrected chi connectivity index (χ1v) is 5.74. The van der Waals surface area contributed by atoms with Crippen LogP contribution in [-0.2, 0) is 6.42 Å². The molecule has 2 bridgehead atoms. The molecule has 0 heterocycles. The maximum atomic E-state index is 2.33. The van der Waals surface area contributed by atoms with Crippen LogP contribution in [0.5, 0.6) is 0 Å². The first-order valence-electron chi connectivity index (χ1n) is 5.74. The highest BCUT2D eigenvalue weighted by Gasteiger charge is 2.42. The van der Waals surface area contributed by atoms with Gasteiger partial charge in [-0.1, -0.05) is 29.8 Å². The summed E-state index contributed by atoms with van der Waals surface area (Å²) in [6.45, 7) is 0. The summed E-state index contributed by atoms with van der Waals surface area (Å²) in [4.78, 5) is 0. The number of hydrogen-bond acceptors (Lipinski definition) is 0. The molecule has 0 N–H and O–H groups in total. The van der Waals surface area contributed by atoms with Crippen molar-refractivity contribution in [1.29, 1.82) is 0 Å². The number of rotatable bonds is 0. The minimum Gasteiger partial charge on any atom is -0.0619 e. The monoisotopic (exact) mass is 182 g/mol. The van der Waals surface area contributed by atoms with E-state index in [4.69, 9.17) is 0 Å². The summed E-state index contributed by atoms with van der Waals surface area (Å²) in [6.07, 6.45) is 5.67. The molecule has 0 heteroatoms. The lowest BCUT2D eigenvalue weighted by Crippen LogP contribution is -1.97. The topological polar surface area (TPSA) is 0 Å². The van der Waals surface area contributed by atoms with Crippen LogP contribution in [0.4, 0.5) is 0 Å². The van der Waals surface area contributed by atoms with E-state index in [1.165, 1.54) is 25.7 Å². The van der Waals surface area contributed by atoms with Gasteiger partial charge in [-0.05, 0) is 54.2 Å². The number of hydrogen-bond donors (Lipinski definition) is 0. The van der Waals surface area contributed by atoms with Crippen LogP contribution in [0.3, 0.4) is 0 Å². The van der Waals surface area contributed by atoms with Gasteiger partial charge in [0.2, 0.25) is 0 Å². The third-order valence-electron chi connectivity index (χ3n) is 4.37. The van der Waals surface area contributed by atoms with Gasteiger partial charge in [-0.2, -0.15) is 0 Å². The van der Waals surface area contributed by atoms with Gasteiger partial charge in [0.1, 0.15) is 0 Å². The molecule has 0 saturated heterocycles. The minimum atomic E-state index is 0.929. The van der Waals surface area contributed by atoms with E-state index in [9.17, 15) is 0 Å². The third kappa shape index (κ3) is 0.716. The van der Waals surface area contributed by atoms with Gasteiger partial charge < -0.3 is 0 Å². The Labute approximate surface area is 84.6 Å². The molecule has 2 atom stereocenters. The molecule has 3 aliphatic rings. The summed E-state index contributed by atoms with van der Waals surface area (Å²) < 4.78 is 0. The molecule has 0 spiro atoms. The Morgan fingerprint density at radius 3 is 2.86 bits per heavy atom. The maximum absolute atomic E-state index is 2.33. The molecule has 3 aliphatic carbocycles. The molecule has 0 aliphatic heterocycles. The molecular formula is C14H14. The summed E-state index contributed by atoms with van der Waals surface area (Å²) in [7, 11) is 0. The van der Waals surface area contributed by atoms with E-state index >= 15 is 0 Å².